The number of halogens is 3. The lowest BCUT2D eigenvalue weighted by atomic mass is 10.3. The number of anilines is 2. The number of benzene rings is 2. The molecule has 0 aromatic heterocycles. The number of sulfonamides is 1. The van der Waals surface area contributed by atoms with Crippen LogP contribution in [0.25, 0.3) is 0 Å². The molecule has 2 aromatic rings. The number of amides is 1. The van der Waals surface area contributed by atoms with E-state index in [9.17, 15) is 22.0 Å². The van der Waals surface area contributed by atoms with E-state index in [1.807, 2.05) is 0 Å². The Kier molecular flexibility index (Phi) is 5.55. The Balaban J connectivity index is 2.18. The second kappa shape index (κ2) is 7.27. The Hall–Kier alpha value is -2.00. The first kappa shape index (κ1) is 18.3. The number of rotatable bonds is 5. The number of nitrogens with zero attached hydrogens (tertiary/aromatic N) is 1. The van der Waals surface area contributed by atoms with E-state index < -0.39 is 34.1 Å². The number of nitrogens with one attached hydrogen (secondary N) is 1. The van der Waals surface area contributed by atoms with Crippen LogP contribution < -0.4 is 9.62 Å². The van der Waals surface area contributed by atoms with Gasteiger partial charge in [-0.3, -0.25) is 9.10 Å². The van der Waals surface area contributed by atoms with Crippen molar-refractivity contribution in [3.63, 3.8) is 0 Å². The van der Waals surface area contributed by atoms with E-state index in [1.54, 1.807) is 12.1 Å². The first-order valence-electron chi connectivity index (χ1n) is 6.65. The zero-order valence-electron chi connectivity index (χ0n) is 12.5. The lowest BCUT2D eigenvalue weighted by molar-refractivity contribution is -0.114. The van der Waals surface area contributed by atoms with Crippen LogP contribution in [0.3, 0.4) is 0 Å². The Morgan fingerprint density at radius 2 is 1.75 bits per heavy atom. The monoisotopic (exact) mass is 418 g/mol. The average Bonchev–Trinajstić information content (AvgIpc) is 2.49. The molecule has 1 N–H and O–H groups in total. The third-order valence-corrected chi connectivity index (χ3v) is 4.67. The molecule has 2 aromatic carbocycles. The maximum atomic E-state index is 13.1. The fourth-order valence-electron chi connectivity index (χ4n) is 1.91. The number of carbonyl (C=O) groups is 1. The van der Waals surface area contributed by atoms with Crippen LogP contribution in [0.2, 0.25) is 0 Å². The summed E-state index contributed by atoms with van der Waals surface area (Å²) in [6.07, 6.45) is 0.972. The highest BCUT2D eigenvalue weighted by molar-refractivity contribution is 9.10. The second-order valence-corrected chi connectivity index (χ2v) is 7.75. The van der Waals surface area contributed by atoms with Crippen molar-refractivity contribution >= 4 is 43.2 Å². The van der Waals surface area contributed by atoms with Crippen molar-refractivity contribution < 1.29 is 22.0 Å². The van der Waals surface area contributed by atoms with Crippen molar-refractivity contribution in [1.82, 2.24) is 0 Å². The average molecular weight is 419 g/mol. The summed E-state index contributed by atoms with van der Waals surface area (Å²) in [5.41, 5.74) is 0.337. The summed E-state index contributed by atoms with van der Waals surface area (Å²) >= 11 is 3.24. The van der Waals surface area contributed by atoms with Gasteiger partial charge in [0.1, 0.15) is 6.54 Å². The summed E-state index contributed by atoms with van der Waals surface area (Å²) in [5, 5.41) is 2.33. The molecule has 0 bridgehead atoms. The summed E-state index contributed by atoms with van der Waals surface area (Å²) in [4.78, 5) is 12.1. The minimum Gasteiger partial charge on any atom is -0.324 e. The fraction of sp³-hybridized carbons (Fsp3) is 0.133. The summed E-state index contributed by atoms with van der Waals surface area (Å²) in [7, 11) is -3.71. The second-order valence-electron chi connectivity index (χ2n) is 4.92. The molecule has 128 valence electrons. The topological polar surface area (TPSA) is 66.5 Å². The third kappa shape index (κ3) is 4.75. The first-order chi connectivity index (χ1) is 11.2. The van der Waals surface area contributed by atoms with E-state index in [2.05, 4.69) is 21.2 Å². The van der Waals surface area contributed by atoms with Crippen LogP contribution in [0.4, 0.5) is 20.2 Å². The molecule has 0 spiro atoms. The Morgan fingerprint density at radius 3 is 2.29 bits per heavy atom. The fourth-order valence-corrected chi connectivity index (χ4v) is 3.03. The molecule has 9 heteroatoms. The molecule has 2 rings (SSSR count). The molecular weight excluding hydrogens is 406 g/mol. The van der Waals surface area contributed by atoms with E-state index in [4.69, 9.17) is 0 Å². The lowest BCUT2D eigenvalue weighted by Gasteiger charge is -2.22. The highest BCUT2D eigenvalue weighted by Gasteiger charge is 2.21. The minimum atomic E-state index is -3.71. The van der Waals surface area contributed by atoms with Gasteiger partial charge in [-0.1, -0.05) is 15.9 Å². The van der Waals surface area contributed by atoms with Crippen molar-refractivity contribution in [2.24, 2.45) is 0 Å². The zero-order valence-corrected chi connectivity index (χ0v) is 14.9. The molecule has 0 fully saturated rings. The van der Waals surface area contributed by atoms with Crippen LogP contribution in [0, 0.1) is 11.6 Å². The van der Waals surface area contributed by atoms with Gasteiger partial charge >= 0.3 is 0 Å². The van der Waals surface area contributed by atoms with Gasteiger partial charge in [0, 0.05) is 16.2 Å². The Labute approximate surface area is 146 Å². The van der Waals surface area contributed by atoms with Crippen LogP contribution >= 0.6 is 15.9 Å². The summed E-state index contributed by atoms with van der Waals surface area (Å²) < 4.78 is 51.5. The molecule has 1 amide bonds. The van der Waals surface area contributed by atoms with Gasteiger partial charge in [-0.2, -0.15) is 0 Å². The SMILES string of the molecule is CS(=O)(=O)N(CC(=O)Nc1ccc(F)c(F)c1)c1ccc(Br)cc1. The summed E-state index contributed by atoms with van der Waals surface area (Å²) in [6.45, 7) is -0.501. The van der Waals surface area contributed by atoms with E-state index in [0.29, 0.717) is 5.69 Å². The highest BCUT2D eigenvalue weighted by Crippen LogP contribution is 2.21. The summed E-state index contributed by atoms with van der Waals surface area (Å²) in [6, 6.07) is 9.22. The Morgan fingerprint density at radius 1 is 1.12 bits per heavy atom. The van der Waals surface area contributed by atoms with Gasteiger partial charge in [0.05, 0.1) is 11.9 Å². The first-order valence-corrected chi connectivity index (χ1v) is 9.29. The maximum absolute atomic E-state index is 13.1. The lowest BCUT2D eigenvalue weighted by Crippen LogP contribution is -2.37. The molecule has 0 saturated heterocycles. The molecule has 24 heavy (non-hydrogen) atoms. The predicted molar refractivity (Wildman–Crippen MR) is 91.3 cm³/mol. The number of hydrogen-bond donors (Lipinski definition) is 1. The molecule has 0 unspecified atom stereocenters. The van der Waals surface area contributed by atoms with Gasteiger partial charge in [0.25, 0.3) is 0 Å². The van der Waals surface area contributed by atoms with Crippen LogP contribution in [-0.2, 0) is 14.8 Å². The van der Waals surface area contributed by atoms with E-state index in [0.717, 1.165) is 27.2 Å². The van der Waals surface area contributed by atoms with Gasteiger partial charge in [0.15, 0.2) is 11.6 Å². The largest absolute Gasteiger partial charge is 0.324 e. The molecule has 0 heterocycles. The van der Waals surface area contributed by atoms with Crippen LogP contribution in [0.5, 0.6) is 0 Å². The number of carbonyl (C=O) groups excluding carboxylic acids is 1. The van der Waals surface area contributed by atoms with Gasteiger partial charge in [0.2, 0.25) is 15.9 Å². The molecule has 0 aliphatic carbocycles. The molecule has 0 aliphatic rings. The van der Waals surface area contributed by atoms with Gasteiger partial charge in [-0.05, 0) is 36.4 Å². The van der Waals surface area contributed by atoms with Crippen LogP contribution in [0.15, 0.2) is 46.9 Å². The van der Waals surface area contributed by atoms with Crippen molar-refractivity contribution in [2.45, 2.75) is 0 Å². The molecule has 0 radical (unpaired) electrons. The van der Waals surface area contributed by atoms with Crippen molar-refractivity contribution in [1.29, 1.82) is 0 Å². The van der Waals surface area contributed by atoms with E-state index in [1.165, 1.54) is 18.2 Å². The summed E-state index contributed by atoms with van der Waals surface area (Å²) in [5.74, 6) is -2.84. The van der Waals surface area contributed by atoms with E-state index >= 15 is 0 Å². The van der Waals surface area contributed by atoms with Crippen molar-refractivity contribution in [2.75, 3.05) is 22.4 Å². The predicted octanol–water partition coefficient (Wildman–Crippen LogP) is 3.13. The van der Waals surface area contributed by atoms with Gasteiger partial charge in [-0.25, -0.2) is 17.2 Å². The standard InChI is InChI=1S/C15H13BrF2N2O3S/c1-24(22,23)20(12-5-2-10(16)3-6-12)9-15(21)19-11-4-7-13(17)14(18)8-11/h2-8H,9H2,1H3,(H,19,21). The van der Waals surface area contributed by atoms with Gasteiger partial charge < -0.3 is 5.32 Å². The van der Waals surface area contributed by atoms with Crippen LogP contribution in [-0.4, -0.2) is 27.1 Å². The normalized spacial score (nSPS) is 11.2. The molecular formula is C15H13BrF2N2O3S. The smallest absolute Gasteiger partial charge is 0.245 e. The molecule has 5 nitrogen and oxygen atoms in total. The van der Waals surface area contributed by atoms with E-state index in [-0.39, 0.29) is 5.69 Å². The maximum Gasteiger partial charge on any atom is 0.245 e. The minimum absolute atomic E-state index is 0.0307. The third-order valence-electron chi connectivity index (χ3n) is 3.01. The molecule has 0 aliphatic heterocycles. The molecule has 0 atom stereocenters. The van der Waals surface area contributed by atoms with Crippen molar-refractivity contribution in [3.05, 3.63) is 58.6 Å². The van der Waals surface area contributed by atoms with Crippen molar-refractivity contribution in [3.8, 4) is 0 Å². The Bertz CT molecular complexity index is 858. The van der Waals surface area contributed by atoms with Gasteiger partial charge in [-0.15, -0.1) is 0 Å². The quantitative estimate of drug-likeness (QED) is 0.810. The molecule has 0 saturated carbocycles. The highest BCUT2D eigenvalue weighted by atomic mass is 79.9. The number of hydrogen-bond acceptors (Lipinski definition) is 3. The van der Waals surface area contributed by atoms with Crippen LogP contribution in [0.1, 0.15) is 0 Å². The zero-order chi connectivity index (χ0) is 17.9.